The number of para-hydroxylation sites is 2. The summed E-state index contributed by atoms with van der Waals surface area (Å²) in [4.78, 5) is 26.4. The molecule has 3 aromatic rings. The molecule has 1 aromatic heterocycles. The average molecular weight is 353 g/mol. The van der Waals surface area contributed by atoms with Gasteiger partial charge in [0.15, 0.2) is 5.58 Å². The van der Waals surface area contributed by atoms with Crippen molar-refractivity contribution < 1.29 is 9.21 Å². The molecule has 1 heterocycles. The number of nitrogens with one attached hydrogen (secondary N) is 1. The fourth-order valence-corrected chi connectivity index (χ4v) is 2.99. The molecule has 0 aliphatic heterocycles. The van der Waals surface area contributed by atoms with Gasteiger partial charge in [-0.15, -0.1) is 0 Å². The van der Waals surface area contributed by atoms with Gasteiger partial charge in [0.2, 0.25) is 5.91 Å². The summed E-state index contributed by atoms with van der Waals surface area (Å²) in [6.07, 6.45) is 0. The second kappa shape index (κ2) is 7.91. The van der Waals surface area contributed by atoms with E-state index in [1.54, 1.807) is 18.2 Å². The summed E-state index contributed by atoms with van der Waals surface area (Å²) in [6.45, 7) is 6.16. The van der Waals surface area contributed by atoms with Crippen molar-refractivity contribution in [3.63, 3.8) is 0 Å². The summed E-state index contributed by atoms with van der Waals surface area (Å²) in [6, 6.07) is 15.4. The number of benzene rings is 2. The smallest absolute Gasteiger partial charge is 0.408 e. The molecular weight excluding hydrogens is 330 g/mol. The van der Waals surface area contributed by atoms with Crippen molar-refractivity contribution in [1.82, 2.24) is 9.88 Å². The molecule has 0 bridgehead atoms. The Balaban J connectivity index is 1.58. The third kappa shape index (κ3) is 3.96. The average Bonchev–Trinajstić information content (AvgIpc) is 2.94. The molecule has 2 aromatic carbocycles. The minimum atomic E-state index is -0.517. The lowest BCUT2D eigenvalue weighted by Gasteiger charge is -2.23. The molecular formula is C20H23N3O3. The van der Waals surface area contributed by atoms with Gasteiger partial charge in [0.1, 0.15) is 6.54 Å². The molecule has 0 fully saturated rings. The number of fused-ring (bicyclic) bond motifs is 1. The van der Waals surface area contributed by atoms with Crippen LogP contribution in [0.1, 0.15) is 12.5 Å². The van der Waals surface area contributed by atoms with Crippen molar-refractivity contribution in [2.45, 2.75) is 20.4 Å². The van der Waals surface area contributed by atoms with Crippen molar-refractivity contribution in [2.75, 3.05) is 24.5 Å². The van der Waals surface area contributed by atoms with Gasteiger partial charge in [-0.2, -0.15) is 0 Å². The zero-order valence-corrected chi connectivity index (χ0v) is 15.1. The van der Waals surface area contributed by atoms with E-state index in [1.807, 2.05) is 12.1 Å². The van der Waals surface area contributed by atoms with Gasteiger partial charge in [0.25, 0.3) is 0 Å². The molecule has 6 nitrogen and oxygen atoms in total. The molecule has 1 N–H and O–H groups in total. The Kier molecular flexibility index (Phi) is 5.41. The zero-order chi connectivity index (χ0) is 18.5. The summed E-state index contributed by atoms with van der Waals surface area (Å²) in [5.74, 6) is -0.727. The number of carbonyl (C=O) groups is 1. The predicted octanol–water partition coefficient (Wildman–Crippen LogP) is 2.55. The second-order valence-corrected chi connectivity index (χ2v) is 6.19. The molecule has 0 atom stereocenters. The number of rotatable bonds is 7. The van der Waals surface area contributed by atoms with Crippen molar-refractivity contribution in [2.24, 2.45) is 0 Å². The topological polar surface area (TPSA) is 67.5 Å². The summed E-state index contributed by atoms with van der Waals surface area (Å²) >= 11 is 0. The number of hydrogen-bond acceptors (Lipinski definition) is 4. The van der Waals surface area contributed by atoms with Gasteiger partial charge in [-0.3, -0.25) is 9.36 Å². The first kappa shape index (κ1) is 17.8. The number of amides is 1. The van der Waals surface area contributed by atoms with Crippen LogP contribution in [0.2, 0.25) is 0 Å². The minimum absolute atomic E-state index is 0.0492. The first-order valence-electron chi connectivity index (χ1n) is 8.75. The molecule has 136 valence electrons. The van der Waals surface area contributed by atoms with E-state index < -0.39 is 5.76 Å². The van der Waals surface area contributed by atoms with E-state index in [-0.39, 0.29) is 12.5 Å². The van der Waals surface area contributed by atoms with Gasteiger partial charge in [-0.1, -0.05) is 24.3 Å². The number of likely N-dealkylation sites (N-methyl/N-ethyl adjacent to an activating group) is 1. The van der Waals surface area contributed by atoms with Gasteiger partial charge in [0.05, 0.1) is 5.52 Å². The Hall–Kier alpha value is -3.02. The van der Waals surface area contributed by atoms with Gasteiger partial charge < -0.3 is 14.6 Å². The lowest BCUT2D eigenvalue weighted by molar-refractivity contribution is -0.121. The van der Waals surface area contributed by atoms with Crippen LogP contribution < -0.4 is 16.0 Å². The van der Waals surface area contributed by atoms with E-state index in [0.29, 0.717) is 24.2 Å². The molecule has 0 saturated carbocycles. The van der Waals surface area contributed by atoms with Gasteiger partial charge in [-0.25, -0.2) is 4.79 Å². The van der Waals surface area contributed by atoms with E-state index >= 15 is 0 Å². The molecule has 1 amide bonds. The highest BCUT2D eigenvalue weighted by Gasteiger charge is 2.12. The molecule has 26 heavy (non-hydrogen) atoms. The quantitative estimate of drug-likeness (QED) is 0.709. The maximum atomic E-state index is 12.2. The van der Waals surface area contributed by atoms with E-state index in [1.165, 1.54) is 10.1 Å². The standard InChI is InChI=1S/C20H23N3O3/c1-3-22(16-8-6-7-15(2)13-16)12-11-21-19(24)14-23-17-9-4-5-10-18(17)26-20(23)25/h4-10,13H,3,11-12,14H2,1-2H3,(H,21,24). The first-order valence-corrected chi connectivity index (χ1v) is 8.75. The van der Waals surface area contributed by atoms with Crippen LogP contribution in [0, 0.1) is 6.92 Å². The molecule has 0 unspecified atom stereocenters. The van der Waals surface area contributed by atoms with Gasteiger partial charge in [-0.05, 0) is 43.7 Å². The predicted molar refractivity (Wildman–Crippen MR) is 103 cm³/mol. The Morgan fingerprint density at radius 2 is 2.00 bits per heavy atom. The Morgan fingerprint density at radius 3 is 2.77 bits per heavy atom. The van der Waals surface area contributed by atoms with Gasteiger partial charge >= 0.3 is 5.76 Å². The van der Waals surface area contributed by atoms with E-state index in [4.69, 9.17) is 4.42 Å². The maximum absolute atomic E-state index is 12.2. The highest BCUT2D eigenvalue weighted by molar-refractivity contribution is 5.79. The Labute approximate surface area is 152 Å². The number of oxazole rings is 1. The minimum Gasteiger partial charge on any atom is -0.408 e. The van der Waals surface area contributed by atoms with Crippen LogP contribution in [-0.4, -0.2) is 30.1 Å². The lowest BCUT2D eigenvalue weighted by Crippen LogP contribution is -2.37. The maximum Gasteiger partial charge on any atom is 0.420 e. The third-order valence-electron chi connectivity index (χ3n) is 4.33. The van der Waals surface area contributed by atoms with Crippen molar-refractivity contribution >= 4 is 22.7 Å². The summed E-state index contributed by atoms with van der Waals surface area (Å²) in [5.41, 5.74) is 3.46. The lowest BCUT2D eigenvalue weighted by atomic mass is 10.2. The number of nitrogens with zero attached hydrogens (tertiary/aromatic N) is 2. The number of aromatic nitrogens is 1. The van der Waals surface area contributed by atoms with Crippen LogP contribution in [-0.2, 0) is 11.3 Å². The second-order valence-electron chi connectivity index (χ2n) is 6.19. The van der Waals surface area contributed by atoms with Crippen LogP contribution >= 0.6 is 0 Å². The Morgan fingerprint density at radius 1 is 1.19 bits per heavy atom. The number of carbonyl (C=O) groups excluding carboxylic acids is 1. The normalized spacial score (nSPS) is 10.8. The largest absolute Gasteiger partial charge is 0.420 e. The number of anilines is 1. The summed E-state index contributed by atoms with van der Waals surface area (Å²) in [5, 5.41) is 2.88. The highest BCUT2D eigenvalue weighted by Crippen LogP contribution is 2.15. The monoisotopic (exact) mass is 353 g/mol. The molecule has 0 radical (unpaired) electrons. The highest BCUT2D eigenvalue weighted by atomic mass is 16.4. The van der Waals surface area contributed by atoms with E-state index in [0.717, 1.165) is 12.2 Å². The van der Waals surface area contributed by atoms with Crippen LogP contribution in [0.4, 0.5) is 5.69 Å². The van der Waals surface area contributed by atoms with Crippen molar-refractivity contribution in [1.29, 1.82) is 0 Å². The van der Waals surface area contributed by atoms with Crippen LogP contribution in [0.25, 0.3) is 11.1 Å². The van der Waals surface area contributed by atoms with Crippen molar-refractivity contribution in [3.05, 3.63) is 64.6 Å². The molecule has 6 heteroatoms. The zero-order valence-electron chi connectivity index (χ0n) is 15.1. The SMILES string of the molecule is CCN(CCNC(=O)Cn1c(=O)oc2ccccc21)c1cccc(C)c1. The fourth-order valence-electron chi connectivity index (χ4n) is 2.99. The van der Waals surface area contributed by atoms with Gasteiger partial charge in [0, 0.05) is 25.3 Å². The van der Waals surface area contributed by atoms with Crippen LogP contribution in [0.5, 0.6) is 0 Å². The van der Waals surface area contributed by atoms with E-state index in [9.17, 15) is 9.59 Å². The van der Waals surface area contributed by atoms with Crippen molar-refractivity contribution in [3.8, 4) is 0 Å². The number of hydrogen-bond donors (Lipinski definition) is 1. The number of aryl methyl sites for hydroxylation is 1. The first-order chi connectivity index (χ1) is 12.6. The molecule has 0 aliphatic carbocycles. The molecule has 3 rings (SSSR count). The summed E-state index contributed by atoms with van der Waals surface area (Å²) in [7, 11) is 0. The molecule has 0 saturated heterocycles. The van der Waals surface area contributed by atoms with Crippen LogP contribution in [0.3, 0.4) is 0 Å². The van der Waals surface area contributed by atoms with E-state index in [2.05, 4.69) is 42.3 Å². The molecule has 0 aliphatic rings. The summed E-state index contributed by atoms with van der Waals surface area (Å²) < 4.78 is 6.50. The third-order valence-corrected chi connectivity index (χ3v) is 4.33. The Bertz CT molecular complexity index is 958. The molecule has 0 spiro atoms. The fraction of sp³-hybridized carbons (Fsp3) is 0.300. The van der Waals surface area contributed by atoms with Crippen LogP contribution in [0.15, 0.2) is 57.7 Å².